The molecule has 4 fully saturated rings. The fourth-order valence-corrected chi connectivity index (χ4v) is 9.05. The van der Waals surface area contributed by atoms with Crippen LogP contribution in [0.1, 0.15) is 88.9 Å². The standard InChI is InChI=1S/C29H42O3/c1-18-10-12-28(2)20(14-18)6-7-23-24-8-9-26(29(24,3)13-11-25(23)28)27(30)19-15-21(31-4)17-22(16-19)32-5/h15-18,20,23-26H,6-14H2,1-5H3/t18?,20?,23?,24?,25?,26-,28?,29?/m1/s1. The zero-order valence-electron chi connectivity index (χ0n) is 20.8. The molecule has 1 aromatic carbocycles. The number of carbonyl (C=O) groups is 1. The molecule has 0 N–H and O–H groups in total. The van der Waals surface area contributed by atoms with Crippen LogP contribution in [0.5, 0.6) is 11.5 Å². The predicted octanol–water partition coefficient (Wildman–Crippen LogP) is 7.18. The highest BCUT2D eigenvalue weighted by atomic mass is 16.5. The van der Waals surface area contributed by atoms with Crippen LogP contribution < -0.4 is 9.47 Å². The third-order valence-corrected chi connectivity index (χ3v) is 10.9. The lowest BCUT2D eigenvalue weighted by molar-refractivity contribution is -0.114. The van der Waals surface area contributed by atoms with Crippen molar-refractivity contribution < 1.29 is 14.3 Å². The quantitative estimate of drug-likeness (QED) is 0.467. The summed E-state index contributed by atoms with van der Waals surface area (Å²) in [5.41, 5.74) is 1.44. The van der Waals surface area contributed by atoms with E-state index >= 15 is 0 Å². The Morgan fingerprint density at radius 2 is 1.50 bits per heavy atom. The summed E-state index contributed by atoms with van der Waals surface area (Å²) in [5.74, 6) is 6.08. The number of hydrogen-bond donors (Lipinski definition) is 0. The Morgan fingerprint density at radius 3 is 2.19 bits per heavy atom. The highest BCUT2D eigenvalue weighted by Crippen LogP contribution is 2.68. The van der Waals surface area contributed by atoms with E-state index in [0.717, 1.165) is 35.7 Å². The fraction of sp³-hybridized carbons (Fsp3) is 0.759. The maximum Gasteiger partial charge on any atom is 0.166 e. The van der Waals surface area contributed by atoms with Crippen molar-refractivity contribution in [2.24, 2.45) is 46.3 Å². The first-order valence-electron chi connectivity index (χ1n) is 13.1. The molecule has 176 valence electrons. The minimum Gasteiger partial charge on any atom is -0.497 e. The normalized spacial score (nSPS) is 43.0. The molecule has 3 nitrogen and oxygen atoms in total. The first-order chi connectivity index (χ1) is 15.3. The predicted molar refractivity (Wildman–Crippen MR) is 128 cm³/mol. The summed E-state index contributed by atoms with van der Waals surface area (Å²) < 4.78 is 10.9. The molecule has 0 spiro atoms. The maximum absolute atomic E-state index is 13.8. The Balaban J connectivity index is 1.40. The van der Waals surface area contributed by atoms with Gasteiger partial charge in [-0.1, -0.05) is 27.2 Å². The largest absolute Gasteiger partial charge is 0.497 e. The van der Waals surface area contributed by atoms with E-state index in [-0.39, 0.29) is 11.3 Å². The number of methoxy groups -OCH3 is 2. The second kappa shape index (κ2) is 8.06. The zero-order valence-corrected chi connectivity index (χ0v) is 20.8. The average molecular weight is 439 g/mol. The molecule has 0 radical (unpaired) electrons. The van der Waals surface area contributed by atoms with Crippen molar-refractivity contribution >= 4 is 5.78 Å². The van der Waals surface area contributed by atoms with Gasteiger partial charge in [-0.25, -0.2) is 0 Å². The van der Waals surface area contributed by atoms with E-state index < -0.39 is 0 Å². The summed E-state index contributed by atoms with van der Waals surface area (Å²) in [6, 6.07) is 5.66. The van der Waals surface area contributed by atoms with Gasteiger partial charge in [0.1, 0.15) is 11.5 Å². The van der Waals surface area contributed by atoms with Crippen molar-refractivity contribution in [1.29, 1.82) is 0 Å². The highest BCUT2D eigenvalue weighted by Gasteiger charge is 2.61. The molecule has 1 aromatic rings. The first-order valence-corrected chi connectivity index (χ1v) is 13.1. The number of ether oxygens (including phenoxy) is 2. The van der Waals surface area contributed by atoms with E-state index in [1.54, 1.807) is 14.2 Å². The summed E-state index contributed by atoms with van der Waals surface area (Å²) in [5, 5.41) is 0. The number of ketones is 1. The Hall–Kier alpha value is -1.51. The van der Waals surface area contributed by atoms with E-state index in [1.807, 2.05) is 18.2 Å². The monoisotopic (exact) mass is 438 g/mol. The maximum atomic E-state index is 13.8. The molecular weight excluding hydrogens is 396 g/mol. The van der Waals surface area contributed by atoms with Gasteiger partial charge in [-0.15, -0.1) is 0 Å². The van der Waals surface area contributed by atoms with Crippen molar-refractivity contribution in [3.05, 3.63) is 23.8 Å². The van der Waals surface area contributed by atoms with Crippen LogP contribution in [-0.2, 0) is 0 Å². The van der Waals surface area contributed by atoms with Crippen LogP contribution in [0.3, 0.4) is 0 Å². The summed E-state index contributed by atoms with van der Waals surface area (Å²) in [7, 11) is 3.31. The summed E-state index contributed by atoms with van der Waals surface area (Å²) in [6.45, 7) is 7.56. The number of Topliss-reactive ketones (excluding diaryl/α,β-unsaturated/α-hetero) is 1. The summed E-state index contributed by atoms with van der Waals surface area (Å²) in [6.07, 6.45) is 11.9. The number of rotatable bonds is 4. The van der Waals surface area contributed by atoms with Crippen molar-refractivity contribution in [3.8, 4) is 11.5 Å². The summed E-state index contributed by atoms with van der Waals surface area (Å²) in [4.78, 5) is 13.8. The van der Waals surface area contributed by atoms with E-state index in [9.17, 15) is 4.79 Å². The molecule has 5 rings (SSSR count). The smallest absolute Gasteiger partial charge is 0.166 e. The first kappa shape index (κ1) is 22.3. The second-order valence-electron chi connectivity index (χ2n) is 12.2. The van der Waals surface area contributed by atoms with Gasteiger partial charge in [0.25, 0.3) is 0 Å². The van der Waals surface area contributed by atoms with Gasteiger partial charge in [-0.3, -0.25) is 4.79 Å². The van der Waals surface area contributed by atoms with Gasteiger partial charge in [-0.2, -0.15) is 0 Å². The van der Waals surface area contributed by atoms with E-state index in [2.05, 4.69) is 20.8 Å². The molecule has 32 heavy (non-hydrogen) atoms. The van der Waals surface area contributed by atoms with E-state index in [0.29, 0.717) is 28.6 Å². The van der Waals surface area contributed by atoms with Gasteiger partial charge in [-0.05, 0) is 104 Å². The van der Waals surface area contributed by atoms with Crippen LogP contribution in [0.4, 0.5) is 0 Å². The number of hydrogen-bond acceptors (Lipinski definition) is 3. The lowest BCUT2D eigenvalue weighted by Crippen LogP contribution is -2.53. The van der Waals surface area contributed by atoms with Crippen molar-refractivity contribution in [2.45, 2.75) is 78.6 Å². The molecule has 4 aliphatic carbocycles. The minimum atomic E-state index is 0.127. The molecule has 4 aliphatic rings. The fourth-order valence-electron chi connectivity index (χ4n) is 9.05. The minimum absolute atomic E-state index is 0.127. The molecule has 0 amide bonds. The number of benzene rings is 1. The van der Waals surface area contributed by atoms with E-state index in [4.69, 9.17) is 9.47 Å². The molecule has 0 saturated heterocycles. The van der Waals surface area contributed by atoms with Crippen molar-refractivity contribution in [1.82, 2.24) is 0 Å². The van der Waals surface area contributed by atoms with Gasteiger partial charge in [0.2, 0.25) is 0 Å². The van der Waals surface area contributed by atoms with Gasteiger partial charge in [0.15, 0.2) is 5.78 Å². The van der Waals surface area contributed by atoms with Gasteiger partial charge in [0.05, 0.1) is 14.2 Å². The Kier molecular flexibility index (Phi) is 5.62. The van der Waals surface area contributed by atoms with Crippen LogP contribution in [0.15, 0.2) is 18.2 Å². The third kappa shape index (κ3) is 3.32. The topological polar surface area (TPSA) is 35.5 Å². The molecule has 4 saturated carbocycles. The van der Waals surface area contributed by atoms with Crippen LogP contribution in [-0.4, -0.2) is 20.0 Å². The van der Waals surface area contributed by atoms with Crippen molar-refractivity contribution in [2.75, 3.05) is 14.2 Å². The molecule has 0 aromatic heterocycles. The molecule has 8 atom stereocenters. The average Bonchev–Trinajstić information content (AvgIpc) is 3.15. The highest BCUT2D eigenvalue weighted by molar-refractivity contribution is 5.99. The van der Waals surface area contributed by atoms with Crippen LogP contribution in [0.25, 0.3) is 0 Å². The van der Waals surface area contributed by atoms with Crippen LogP contribution in [0, 0.1) is 46.3 Å². The Morgan fingerprint density at radius 1 is 0.844 bits per heavy atom. The summed E-state index contributed by atoms with van der Waals surface area (Å²) >= 11 is 0. The van der Waals surface area contributed by atoms with Crippen LogP contribution in [0.2, 0.25) is 0 Å². The molecule has 0 heterocycles. The van der Waals surface area contributed by atoms with Gasteiger partial charge in [0, 0.05) is 17.5 Å². The van der Waals surface area contributed by atoms with E-state index in [1.165, 1.54) is 51.4 Å². The Bertz CT molecular complexity index is 855. The third-order valence-electron chi connectivity index (χ3n) is 10.9. The molecule has 3 heteroatoms. The lowest BCUT2D eigenvalue weighted by atomic mass is 9.44. The molecule has 7 unspecified atom stereocenters. The second-order valence-corrected chi connectivity index (χ2v) is 12.2. The van der Waals surface area contributed by atoms with Crippen LogP contribution >= 0.6 is 0 Å². The number of fused-ring (bicyclic) bond motifs is 5. The van der Waals surface area contributed by atoms with Gasteiger partial charge < -0.3 is 9.47 Å². The molecule has 0 aliphatic heterocycles. The Labute approximate surface area is 194 Å². The molecular formula is C29H42O3. The number of carbonyl (C=O) groups excluding carboxylic acids is 1. The van der Waals surface area contributed by atoms with Crippen molar-refractivity contribution in [3.63, 3.8) is 0 Å². The lowest BCUT2D eigenvalue weighted by Gasteiger charge is -2.61. The van der Waals surface area contributed by atoms with Gasteiger partial charge >= 0.3 is 0 Å². The SMILES string of the molecule is COc1cc(OC)cc(C(=O)[C@H]2CCC3C4CCC5CC(C)CCC5(C)C4CCC32C)c1. The zero-order chi connectivity index (χ0) is 22.7. The molecule has 0 bridgehead atoms.